The summed E-state index contributed by atoms with van der Waals surface area (Å²) in [5, 5.41) is 15.6. The van der Waals surface area contributed by atoms with Crippen molar-refractivity contribution in [1.29, 1.82) is 0 Å². The van der Waals surface area contributed by atoms with Gasteiger partial charge >= 0.3 is 5.69 Å². The lowest BCUT2D eigenvalue weighted by Gasteiger charge is -2.32. The quantitative estimate of drug-likeness (QED) is 0.480. The number of aromatic nitrogens is 1. The summed E-state index contributed by atoms with van der Waals surface area (Å²) >= 11 is 0. The molecule has 4 rings (SSSR count). The number of pyridine rings is 1. The number of rotatable bonds is 6. The number of hydrogen-bond donors (Lipinski definition) is 1. The molecule has 1 fully saturated rings. The van der Waals surface area contributed by atoms with Crippen LogP contribution >= 0.6 is 0 Å². The molecule has 0 unspecified atom stereocenters. The summed E-state index contributed by atoms with van der Waals surface area (Å²) in [6.07, 6.45) is 3.32. The van der Waals surface area contributed by atoms with Gasteiger partial charge in [-0.2, -0.15) is 0 Å². The predicted octanol–water partition coefficient (Wildman–Crippen LogP) is 4.37. The Morgan fingerprint density at radius 2 is 2.07 bits per heavy atom. The number of nitrogens with zero attached hydrogens (tertiary/aromatic N) is 3. The lowest BCUT2D eigenvalue weighted by Crippen LogP contribution is -2.38. The standard InChI is InChI=1S/C22H23FN4O3/c1-30-21-7-4-15(13-18(21)23)14-26-11-8-16(9-12-26)25-20-6-5-19-17(3-2-10-24-19)22(20)27(28)29/h2-7,10,13,16,25H,8-9,11-12,14H2,1H3. The average molecular weight is 410 g/mol. The van der Waals surface area contributed by atoms with Gasteiger partial charge < -0.3 is 10.1 Å². The van der Waals surface area contributed by atoms with Gasteiger partial charge in [-0.25, -0.2) is 4.39 Å². The van der Waals surface area contributed by atoms with E-state index in [1.54, 1.807) is 36.5 Å². The third-order valence-electron chi connectivity index (χ3n) is 5.51. The van der Waals surface area contributed by atoms with Crippen molar-refractivity contribution in [2.75, 3.05) is 25.5 Å². The molecular weight excluding hydrogens is 387 g/mol. The third kappa shape index (κ3) is 4.18. The molecule has 1 saturated heterocycles. The van der Waals surface area contributed by atoms with Crippen LogP contribution in [0.4, 0.5) is 15.8 Å². The highest BCUT2D eigenvalue weighted by atomic mass is 19.1. The van der Waals surface area contributed by atoms with Gasteiger partial charge in [-0.3, -0.25) is 20.0 Å². The number of nitrogens with one attached hydrogen (secondary N) is 1. The van der Waals surface area contributed by atoms with E-state index in [1.165, 1.54) is 13.2 Å². The Hall–Kier alpha value is -3.26. The highest BCUT2D eigenvalue weighted by Gasteiger charge is 2.24. The van der Waals surface area contributed by atoms with Crippen molar-refractivity contribution in [2.24, 2.45) is 0 Å². The Morgan fingerprint density at radius 1 is 1.27 bits per heavy atom. The van der Waals surface area contributed by atoms with Gasteiger partial charge in [0.05, 0.1) is 22.9 Å². The number of ether oxygens (including phenoxy) is 1. The van der Waals surface area contributed by atoms with Gasteiger partial charge in [0, 0.05) is 31.9 Å². The average Bonchev–Trinajstić information content (AvgIpc) is 2.75. The Kier molecular flexibility index (Phi) is 5.76. The van der Waals surface area contributed by atoms with E-state index in [2.05, 4.69) is 15.2 Å². The van der Waals surface area contributed by atoms with Crippen LogP contribution in [0.2, 0.25) is 0 Å². The second-order valence-electron chi connectivity index (χ2n) is 7.45. The highest BCUT2D eigenvalue weighted by molar-refractivity contribution is 5.94. The minimum atomic E-state index is -0.357. The van der Waals surface area contributed by atoms with Crippen LogP contribution in [0.1, 0.15) is 18.4 Å². The van der Waals surface area contributed by atoms with E-state index in [9.17, 15) is 14.5 Å². The summed E-state index contributed by atoms with van der Waals surface area (Å²) in [4.78, 5) is 17.8. The van der Waals surface area contributed by atoms with Crippen molar-refractivity contribution in [3.8, 4) is 5.75 Å². The first-order chi connectivity index (χ1) is 14.5. The van der Waals surface area contributed by atoms with Crippen LogP contribution in [0.3, 0.4) is 0 Å². The predicted molar refractivity (Wildman–Crippen MR) is 113 cm³/mol. The molecule has 3 aromatic rings. The first-order valence-corrected chi connectivity index (χ1v) is 9.88. The fraction of sp³-hybridized carbons (Fsp3) is 0.318. The van der Waals surface area contributed by atoms with E-state index in [-0.39, 0.29) is 28.2 Å². The van der Waals surface area contributed by atoms with Crippen LogP contribution < -0.4 is 10.1 Å². The zero-order valence-corrected chi connectivity index (χ0v) is 16.7. The molecule has 0 aliphatic carbocycles. The molecule has 0 radical (unpaired) electrons. The molecule has 2 aromatic carbocycles. The van der Waals surface area contributed by atoms with Crippen LogP contribution in [0, 0.1) is 15.9 Å². The van der Waals surface area contributed by atoms with E-state index in [1.807, 2.05) is 6.07 Å². The van der Waals surface area contributed by atoms with Crippen molar-refractivity contribution in [1.82, 2.24) is 9.88 Å². The van der Waals surface area contributed by atoms with Crippen molar-refractivity contribution >= 4 is 22.3 Å². The molecule has 30 heavy (non-hydrogen) atoms. The lowest BCUT2D eigenvalue weighted by molar-refractivity contribution is -0.382. The van der Waals surface area contributed by atoms with E-state index in [4.69, 9.17) is 4.74 Å². The van der Waals surface area contributed by atoms with Crippen molar-refractivity contribution in [3.63, 3.8) is 0 Å². The minimum Gasteiger partial charge on any atom is -0.494 e. The molecule has 0 spiro atoms. The number of likely N-dealkylation sites (tertiary alicyclic amines) is 1. The molecule has 1 aliphatic rings. The van der Waals surface area contributed by atoms with Crippen molar-refractivity contribution in [2.45, 2.75) is 25.4 Å². The van der Waals surface area contributed by atoms with Crippen molar-refractivity contribution in [3.05, 3.63) is 70.2 Å². The first kappa shape index (κ1) is 20.0. The van der Waals surface area contributed by atoms with Crippen LogP contribution in [0.25, 0.3) is 10.9 Å². The summed E-state index contributed by atoms with van der Waals surface area (Å²) in [5.74, 6) is -0.113. The van der Waals surface area contributed by atoms with Gasteiger partial charge in [-0.05, 0) is 54.8 Å². The van der Waals surface area contributed by atoms with Crippen LogP contribution in [-0.2, 0) is 6.54 Å². The van der Waals surface area contributed by atoms with Gasteiger partial charge in [0.1, 0.15) is 5.69 Å². The van der Waals surface area contributed by atoms with Gasteiger partial charge in [-0.15, -0.1) is 0 Å². The van der Waals surface area contributed by atoms with Crippen LogP contribution in [0.5, 0.6) is 5.75 Å². The number of anilines is 1. The zero-order valence-electron chi connectivity index (χ0n) is 16.7. The number of methoxy groups -OCH3 is 1. The number of nitro benzene ring substituents is 1. The first-order valence-electron chi connectivity index (χ1n) is 9.88. The highest BCUT2D eigenvalue weighted by Crippen LogP contribution is 2.33. The van der Waals surface area contributed by atoms with E-state index >= 15 is 0 Å². The molecule has 2 heterocycles. The molecule has 156 valence electrons. The number of halogens is 1. The second-order valence-corrected chi connectivity index (χ2v) is 7.45. The summed E-state index contributed by atoms with van der Waals surface area (Å²) in [6, 6.07) is 12.1. The van der Waals surface area contributed by atoms with Crippen molar-refractivity contribution < 1.29 is 14.1 Å². The second kappa shape index (κ2) is 8.62. The van der Waals surface area contributed by atoms with Gasteiger partial charge in [0.25, 0.3) is 0 Å². The topological polar surface area (TPSA) is 80.5 Å². The number of fused-ring (bicyclic) bond motifs is 1. The SMILES string of the molecule is COc1ccc(CN2CCC(Nc3ccc4ncccc4c3[N+](=O)[O-])CC2)cc1F. The van der Waals surface area contributed by atoms with Gasteiger partial charge in [0.2, 0.25) is 0 Å². The van der Waals surface area contributed by atoms with Crippen LogP contribution in [0.15, 0.2) is 48.7 Å². The Balaban J connectivity index is 1.41. The molecule has 0 amide bonds. The Morgan fingerprint density at radius 3 is 2.77 bits per heavy atom. The fourth-order valence-corrected chi connectivity index (χ4v) is 3.97. The summed E-state index contributed by atoms with van der Waals surface area (Å²) in [7, 11) is 1.45. The molecule has 1 aliphatic heterocycles. The molecule has 0 saturated carbocycles. The molecule has 8 heteroatoms. The molecule has 0 bridgehead atoms. The monoisotopic (exact) mass is 410 g/mol. The summed E-state index contributed by atoms with van der Waals surface area (Å²) < 4.78 is 18.9. The normalized spacial score (nSPS) is 15.3. The van der Waals surface area contributed by atoms with E-state index in [0.29, 0.717) is 23.1 Å². The maximum Gasteiger partial charge on any atom is 0.301 e. The number of hydrogen-bond acceptors (Lipinski definition) is 6. The number of piperidine rings is 1. The third-order valence-corrected chi connectivity index (χ3v) is 5.51. The van der Waals surface area contributed by atoms with E-state index < -0.39 is 0 Å². The number of nitro groups is 1. The zero-order chi connectivity index (χ0) is 21.1. The van der Waals surface area contributed by atoms with Crippen LogP contribution in [-0.4, -0.2) is 41.0 Å². The number of benzene rings is 2. The molecule has 1 N–H and O–H groups in total. The Labute approximate surface area is 173 Å². The maximum absolute atomic E-state index is 13.9. The largest absolute Gasteiger partial charge is 0.494 e. The molecule has 7 nitrogen and oxygen atoms in total. The Bertz CT molecular complexity index is 1070. The minimum absolute atomic E-state index is 0.0664. The van der Waals surface area contributed by atoms with Gasteiger partial charge in [0.15, 0.2) is 11.6 Å². The molecule has 0 atom stereocenters. The molecule has 1 aromatic heterocycles. The smallest absolute Gasteiger partial charge is 0.301 e. The fourth-order valence-electron chi connectivity index (χ4n) is 3.97. The summed E-state index contributed by atoms with van der Waals surface area (Å²) in [6.45, 7) is 2.32. The maximum atomic E-state index is 13.9. The van der Waals surface area contributed by atoms with E-state index in [0.717, 1.165) is 31.5 Å². The molecular formula is C22H23FN4O3. The van der Waals surface area contributed by atoms with Gasteiger partial charge in [-0.1, -0.05) is 6.07 Å². The lowest BCUT2D eigenvalue weighted by atomic mass is 10.0. The summed E-state index contributed by atoms with van der Waals surface area (Å²) in [5.41, 5.74) is 2.10.